The van der Waals surface area contributed by atoms with Crippen molar-refractivity contribution in [2.45, 2.75) is 0 Å². The van der Waals surface area contributed by atoms with Crippen molar-refractivity contribution >= 4 is 38.1 Å². The largest absolute Gasteiger partial charge is 0.454 e. The highest BCUT2D eigenvalue weighted by atomic mass is 16.7. The number of hydrogen-bond donors (Lipinski definition) is 0. The predicted octanol–water partition coefficient (Wildman–Crippen LogP) is 4.99. The Hall–Kier alpha value is -4.12. The molecule has 0 atom stereocenters. The molecule has 30 heavy (non-hydrogen) atoms. The van der Waals surface area contributed by atoms with Gasteiger partial charge >= 0.3 is 0 Å². The van der Waals surface area contributed by atoms with Gasteiger partial charge in [0, 0.05) is 33.3 Å². The van der Waals surface area contributed by atoms with Crippen LogP contribution in [-0.4, -0.2) is 16.2 Å². The van der Waals surface area contributed by atoms with E-state index >= 15 is 0 Å². The summed E-state index contributed by atoms with van der Waals surface area (Å²) in [6, 6.07) is 21.6. The number of fused-ring (bicyclic) bond motifs is 6. The first-order chi connectivity index (χ1) is 14.8. The maximum absolute atomic E-state index is 13.5. The van der Waals surface area contributed by atoms with E-state index in [0.717, 1.165) is 55.3 Å². The summed E-state index contributed by atoms with van der Waals surface area (Å²) in [6.45, 7) is 0.232. The van der Waals surface area contributed by atoms with E-state index in [4.69, 9.17) is 14.5 Å². The molecule has 0 saturated carbocycles. The molecular formula is C25H14N2O3. The molecule has 1 aliphatic rings. The second kappa shape index (κ2) is 5.48. The smallest absolute Gasteiger partial charge is 0.263 e. The van der Waals surface area contributed by atoms with Crippen LogP contribution in [0.3, 0.4) is 0 Å². The lowest BCUT2D eigenvalue weighted by Crippen LogP contribution is -2.13. The third-order valence-corrected chi connectivity index (χ3v) is 5.99. The van der Waals surface area contributed by atoms with Gasteiger partial charge in [0.1, 0.15) is 0 Å². The van der Waals surface area contributed by atoms with Gasteiger partial charge in [0.05, 0.1) is 16.6 Å². The Balaban J connectivity index is 1.73. The molecule has 6 aromatic rings. The van der Waals surface area contributed by atoms with Crippen LogP contribution in [-0.2, 0) is 0 Å². The van der Waals surface area contributed by atoms with Crippen molar-refractivity contribution in [3.63, 3.8) is 0 Å². The summed E-state index contributed by atoms with van der Waals surface area (Å²) in [5, 5.41) is 3.61. The fraction of sp³-hybridized carbons (Fsp3) is 0.0400. The Labute approximate surface area is 170 Å². The first-order valence-corrected chi connectivity index (χ1v) is 9.77. The Morgan fingerprint density at radius 1 is 0.833 bits per heavy atom. The second-order valence-corrected chi connectivity index (χ2v) is 7.52. The van der Waals surface area contributed by atoms with Gasteiger partial charge in [-0.2, -0.15) is 0 Å². The summed E-state index contributed by atoms with van der Waals surface area (Å²) in [5.74, 6) is 1.47. The molecule has 0 saturated heterocycles. The summed E-state index contributed by atoms with van der Waals surface area (Å²) in [7, 11) is 0. The number of hydrogen-bond acceptors (Lipinski definition) is 4. The molecule has 0 bridgehead atoms. The number of para-hydroxylation sites is 1. The van der Waals surface area contributed by atoms with Gasteiger partial charge in [-0.25, -0.2) is 0 Å². The molecule has 0 unspecified atom stereocenters. The SMILES string of the molecule is O=c1c2ccccc2c2ncc(-c3ccc4c(c3)OCO4)c3c4ccccc4n1c23. The van der Waals surface area contributed by atoms with E-state index in [0.29, 0.717) is 5.39 Å². The number of ether oxygens (including phenoxy) is 2. The first kappa shape index (κ1) is 15.8. The van der Waals surface area contributed by atoms with Crippen molar-refractivity contribution in [2.24, 2.45) is 0 Å². The minimum Gasteiger partial charge on any atom is -0.454 e. The zero-order valence-electron chi connectivity index (χ0n) is 15.8. The molecule has 4 heterocycles. The van der Waals surface area contributed by atoms with Crippen LogP contribution < -0.4 is 15.0 Å². The van der Waals surface area contributed by atoms with Crippen molar-refractivity contribution in [1.29, 1.82) is 0 Å². The molecular weight excluding hydrogens is 376 g/mol. The Bertz CT molecular complexity index is 1700. The Kier molecular flexibility index (Phi) is 2.88. The van der Waals surface area contributed by atoms with Gasteiger partial charge in [-0.1, -0.05) is 42.5 Å². The average Bonchev–Trinajstić information content (AvgIpc) is 3.40. The molecule has 0 radical (unpaired) electrons. The van der Waals surface area contributed by atoms with Crippen LogP contribution in [0.5, 0.6) is 11.5 Å². The molecule has 5 heteroatoms. The average molecular weight is 390 g/mol. The summed E-state index contributed by atoms with van der Waals surface area (Å²) < 4.78 is 12.9. The van der Waals surface area contributed by atoms with Crippen molar-refractivity contribution in [2.75, 3.05) is 6.79 Å². The summed E-state index contributed by atoms with van der Waals surface area (Å²) in [5.41, 5.74) is 4.51. The standard InChI is InChI=1S/C25H14N2O3/c28-25-16-6-2-1-5-15(16)23-24-22(17-7-3-4-8-19(17)27(24)25)18(12-26-23)14-9-10-20-21(11-14)30-13-29-20/h1-12H,13H2. The highest BCUT2D eigenvalue weighted by Crippen LogP contribution is 2.42. The summed E-state index contributed by atoms with van der Waals surface area (Å²) in [4.78, 5) is 18.3. The van der Waals surface area contributed by atoms with Gasteiger partial charge in [0.2, 0.25) is 6.79 Å². The van der Waals surface area contributed by atoms with E-state index in [9.17, 15) is 4.79 Å². The van der Waals surface area contributed by atoms with Crippen LogP contribution in [0.1, 0.15) is 0 Å². The molecule has 0 fully saturated rings. The quantitative estimate of drug-likeness (QED) is 0.371. The molecule has 5 nitrogen and oxygen atoms in total. The predicted molar refractivity (Wildman–Crippen MR) is 117 cm³/mol. The topological polar surface area (TPSA) is 52.8 Å². The van der Waals surface area contributed by atoms with Crippen molar-refractivity contribution in [1.82, 2.24) is 9.38 Å². The first-order valence-electron chi connectivity index (χ1n) is 9.77. The lowest BCUT2D eigenvalue weighted by molar-refractivity contribution is 0.174. The van der Waals surface area contributed by atoms with Crippen LogP contribution in [0, 0.1) is 0 Å². The third kappa shape index (κ3) is 1.86. The fourth-order valence-corrected chi connectivity index (χ4v) is 4.68. The summed E-state index contributed by atoms with van der Waals surface area (Å²) >= 11 is 0. The van der Waals surface area contributed by atoms with Crippen LogP contribution in [0.25, 0.3) is 49.2 Å². The molecule has 142 valence electrons. The van der Waals surface area contributed by atoms with E-state index < -0.39 is 0 Å². The van der Waals surface area contributed by atoms with Crippen LogP contribution in [0.2, 0.25) is 0 Å². The van der Waals surface area contributed by atoms with Gasteiger partial charge in [-0.3, -0.25) is 14.2 Å². The van der Waals surface area contributed by atoms with E-state index in [1.807, 2.05) is 71.3 Å². The minimum absolute atomic E-state index is 0.0195. The van der Waals surface area contributed by atoms with Gasteiger partial charge in [-0.05, 0) is 29.8 Å². The normalized spacial score (nSPS) is 13.2. The molecule has 0 spiro atoms. The van der Waals surface area contributed by atoms with Crippen LogP contribution in [0.15, 0.2) is 77.7 Å². The van der Waals surface area contributed by atoms with Gasteiger partial charge in [0.25, 0.3) is 5.56 Å². The molecule has 1 aliphatic heterocycles. The molecule has 0 N–H and O–H groups in total. The van der Waals surface area contributed by atoms with E-state index in [1.165, 1.54) is 0 Å². The fourth-order valence-electron chi connectivity index (χ4n) is 4.68. The van der Waals surface area contributed by atoms with E-state index in [-0.39, 0.29) is 12.4 Å². The zero-order chi connectivity index (χ0) is 19.8. The van der Waals surface area contributed by atoms with Crippen molar-refractivity contribution in [3.8, 4) is 22.6 Å². The number of rotatable bonds is 1. The monoisotopic (exact) mass is 390 g/mol. The van der Waals surface area contributed by atoms with Crippen LogP contribution >= 0.6 is 0 Å². The van der Waals surface area contributed by atoms with Gasteiger partial charge < -0.3 is 9.47 Å². The van der Waals surface area contributed by atoms with Crippen LogP contribution in [0.4, 0.5) is 0 Å². The highest BCUT2D eigenvalue weighted by Gasteiger charge is 2.22. The summed E-state index contributed by atoms with van der Waals surface area (Å²) in [6.07, 6.45) is 1.90. The molecule has 0 amide bonds. The lowest BCUT2D eigenvalue weighted by Gasteiger charge is -2.09. The number of nitrogens with zero attached hydrogens (tertiary/aromatic N) is 2. The third-order valence-electron chi connectivity index (χ3n) is 5.99. The molecule has 3 aromatic heterocycles. The number of pyridine rings is 2. The van der Waals surface area contributed by atoms with Crippen molar-refractivity contribution < 1.29 is 9.47 Å². The van der Waals surface area contributed by atoms with Gasteiger partial charge in [-0.15, -0.1) is 0 Å². The minimum atomic E-state index is -0.0195. The van der Waals surface area contributed by atoms with Crippen molar-refractivity contribution in [3.05, 3.63) is 83.3 Å². The van der Waals surface area contributed by atoms with E-state index in [1.54, 1.807) is 0 Å². The second-order valence-electron chi connectivity index (χ2n) is 7.52. The van der Waals surface area contributed by atoms with E-state index in [2.05, 4.69) is 6.07 Å². The number of benzene rings is 3. The maximum atomic E-state index is 13.5. The Morgan fingerprint density at radius 3 is 2.50 bits per heavy atom. The lowest BCUT2D eigenvalue weighted by atomic mass is 9.99. The zero-order valence-corrected chi connectivity index (χ0v) is 15.8. The number of aromatic nitrogens is 2. The Morgan fingerprint density at radius 2 is 1.60 bits per heavy atom. The molecule has 0 aliphatic carbocycles. The molecule has 7 rings (SSSR count). The maximum Gasteiger partial charge on any atom is 0.263 e. The molecule has 3 aromatic carbocycles. The van der Waals surface area contributed by atoms with Gasteiger partial charge in [0.15, 0.2) is 11.5 Å². The highest BCUT2D eigenvalue weighted by molar-refractivity contribution is 6.23.